The molecule has 2 N–H and O–H groups in total. The monoisotopic (exact) mass is 586 g/mol. The van der Waals surface area contributed by atoms with Crippen molar-refractivity contribution in [3.63, 3.8) is 0 Å². The first-order valence-electron chi connectivity index (χ1n) is 15.8. The van der Waals surface area contributed by atoms with Gasteiger partial charge in [0.15, 0.2) is 0 Å². The lowest BCUT2D eigenvalue weighted by molar-refractivity contribution is 1.19. The van der Waals surface area contributed by atoms with Crippen LogP contribution in [0.4, 0.5) is 0 Å². The van der Waals surface area contributed by atoms with Gasteiger partial charge >= 0.3 is 0 Å². The number of rotatable bonds is 2. The molecular weight excluding hydrogens is 560 g/mol. The first-order valence-corrected chi connectivity index (χ1v) is 15.8. The largest absolute Gasteiger partial charge is 0.354 e. The van der Waals surface area contributed by atoms with Gasteiger partial charge in [0.25, 0.3) is 0 Å². The number of para-hydroxylation sites is 4. The molecule has 214 valence electrons. The van der Waals surface area contributed by atoms with Gasteiger partial charge in [0.05, 0.1) is 22.1 Å². The predicted molar refractivity (Wildman–Crippen MR) is 194 cm³/mol. The molecule has 0 saturated heterocycles. The molecule has 4 heteroatoms. The van der Waals surface area contributed by atoms with Crippen molar-refractivity contribution in [1.82, 2.24) is 19.1 Å². The highest BCUT2D eigenvalue weighted by atomic mass is 15.0. The van der Waals surface area contributed by atoms with Gasteiger partial charge in [0.2, 0.25) is 0 Å². The van der Waals surface area contributed by atoms with Crippen LogP contribution in [-0.4, -0.2) is 19.1 Å². The quantitative estimate of drug-likeness (QED) is 0.202. The second kappa shape index (κ2) is 8.68. The van der Waals surface area contributed by atoms with Crippen molar-refractivity contribution >= 4 is 87.2 Å². The maximum atomic E-state index is 3.70. The van der Waals surface area contributed by atoms with Crippen molar-refractivity contribution in [2.45, 2.75) is 0 Å². The molecule has 0 bridgehead atoms. The molecule has 4 aromatic heterocycles. The number of hydrogen-bond acceptors (Lipinski definition) is 0. The van der Waals surface area contributed by atoms with Crippen LogP contribution in [0.25, 0.3) is 98.6 Å². The minimum atomic E-state index is 1.14. The van der Waals surface area contributed by atoms with E-state index in [0.29, 0.717) is 0 Å². The summed E-state index contributed by atoms with van der Waals surface area (Å²) < 4.78 is 4.79. The molecule has 7 aromatic carbocycles. The molecular formula is C42H26N4. The molecule has 4 nitrogen and oxygen atoms in total. The van der Waals surface area contributed by atoms with Gasteiger partial charge in [0.1, 0.15) is 0 Å². The molecule has 0 spiro atoms. The number of hydrogen-bond donors (Lipinski definition) is 2. The van der Waals surface area contributed by atoms with Gasteiger partial charge in [-0.15, -0.1) is 0 Å². The predicted octanol–water partition coefficient (Wildman–Crippen LogP) is 11.1. The Morgan fingerprint density at radius 1 is 0.283 bits per heavy atom. The van der Waals surface area contributed by atoms with Crippen LogP contribution in [0.15, 0.2) is 146 Å². The normalized spacial score (nSPS) is 12.3. The summed E-state index contributed by atoms with van der Waals surface area (Å²) in [4.78, 5) is 7.40. The number of H-pyrrole nitrogens is 2. The van der Waals surface area contributed by atoms with E-state index in [1.807, 2.05) is 0 Å². The second-order valence-electron chi connectivity index (χ2n) is 12.4. The van der Waals surface area contributed by atoms with Crippen LogP contribution in [0.3, 0.4) is 0 Å². The average molecular weight is 587 g/mol. The van der Waals surface area contributed by atoms with Gasteiger partial charge in [-0.2, -0.15) is 0 Å². The molecule has 0 aliphatic carbocycles. The lowest BCUT2D eigenvalue weighted by Gasteiger charge is -2.08. The fourth-order valence-corrected chi connectivity index (χ4v) is 7.95. The molecule has 0 aliphatic heterocycles. The lowest BCUT2D eigenvalue weighted by atomic mass is 10.1. The molecule has 0 radical (unpaired) electrons. The Kier molecular flexibility index (Phi) is 4.55. The number of nitrogens with one attached hydrogen (secondary N) is 2. The van der Waals surface area contributed by atoms with E-state index in [-0.39, 0.29) is 0 Å². The smallest absolute Gasteiger partial charge is 0.0541 e. The topological polar surface area (TPSA) is 41.4 Å². The number of fused-ring (bicyclic) bond motifs is 12. The Morgan fingerprint density at radius 3 is 1.02 bits per heavy atom. The molecule has 0 amide bonds. The summed E-state index contributed by atoms with van der Waals surface area (Å²) in [5.74, 6) is 0. The third-order valence-corrected chi connectivity index (χ3v) is 9.96. The first-order chi connectivity index (χ1) is 22.8. The summed E-state index contributed by atoms with van der Waals surface area (Å²) in [6.07, 6.45) is 0. The summed E-state index contributed by atoms with van der Waals surface area (Å²) in [6.45, 7) is 0. The van der Waals surface area contributed by atoms with Crippen LogP contribution < -0.4 is 0 Å². The fraction of sp³-hybridized carbons (Fsp3) is 0. The standard InChI is InChI=1S/C42H26N4/c1-5-13-39-27(9-1)28-10-2-6-14-40(28)45(39)25-17-19-35-31(21-25)33-23-34-32-22-26(18-20-36(32)44-38(34)24-37(33)43-35)46-41-15-7-3-11-29(41)30-12-4-8-16-42(30)46/h1-24,43-44H. The van der Waals surface area contributed by atoms with Gasteiger partial charge in [-0.1, -0.05) is 72.8 Å². The van der Waals surface area contributed by atoms with E-state index in [1.165, 1.54) is 76.5 Å². The molecule has 0 fully saturated rings. The molecule has 0 saturated carbocycles. The Balaban J connectivity index is 1.16. The molecule has 0 aliphatic rings. The number of nitrogens with zero attached hydrogens (tertiary/aromatic N) is 2. The van der Waals surface area contributed by atoms with Crippen molar-refractivity contribution in [3.8, 4) is 11.4 Å². The highest BCUT2D eigenvalue weighted by Gasteiger charge is 2.16. The zero-order valence-electron chi connectivity index (χ0n) is 24.8. The number of aromatic amines is 2. The zero-order chi connectivity index (χ0) is 29.9. The van der Waals surface area contributed by atoms with Crippen LogP contribution in [0.5, 0.6) is 0 Å². The van der Waals surface area contributed by atoms with E-state index in [2.05, 4.69) is 165 Å². The molecule has 11 aromatic rings. The SMILES string of the molecule is c1ccc2c(c1)c1ccccc1n2-c1ccc2[nH]c3cc4[nH]c5ccc(-n6c7ccccc7c7ccccc76)cc5c4cc3c2c1. The van der Waals surface area contributed by atoms with E-state index in [1.54, 1.807) is 0 Å². The number of aromatic nitrogens is 4. The Hall–Kier alpha value is -6.26. The molecule has 0 atom stereocenters. The van der Waals surface area contributed by atoms with Crippen molar-refractivity contribution in [3.05, 3.63) is 146 Å². The van der Waals surface area contributed by atoms with E-state index in [4.69, 9.17) is 0 Å². The van der Waals surface area contributed by atoms with Crippen LogP contribution in [0.1, 0.15) is 0 Å². The van der Waals surface area contributed by atoms with Gasteiger partial charge in [-0.05, 0) is 72.8 Å². The van der Waals surface area contributed by atoms with Gasteiger partial charge in [0, 0.05) is 76.5 Å². The van der Waals surface area contributed by atoms with E-state index >= 15 is 0 Å². The summed E-state index contributed by atoms with van der Waals surface area (Å²) in [5.41, 5.74) is 11.8. The lowest BCUT2D eigenvalue weighted by Crippen LogP contribution is -1.93. The minimum absolute atomic E-state index is 1.14. The highest BCUT2D eigenvalue weighted by molar-refractivity contribution is 6.18. The van der Waals surface area contributed by atoms with Crippen LogP contribution in [0.2, 0.25) is 0 Å². The van der Waals surface area contributed by atoms with Crippen molar-refractivity contribution < 1.29 is 0 Å². The summed E-state index contributed by atoms with van der Waals surface area (Å²) in [7, 11) is 0. The Bertz CT molecular complexity index is 2720. The Labute approximate surface area is 262 Å². The highest BCUT2D eigenvalue weighted by Crippen LogP contribution is 2.38. The molecule has 11 rings (SSSR count). The van der Waals surface area contributed by atoms with Crippen LogP contribution in [-0.2, 0) is 0 Å². The van der Waals surface area contributed by atoms with Gasteiger partial charge < -0.3 is 19.1 Å². The van der Waals surface area contributed by atoms with Crippen molar-refractivity contribution in [2.24, 2.45) is 0 Å². The third kappa shape index (κ3) is 3.12. The summed E-state index contributed by atoms with van der Waals surface area (Å²) >= 11 is 0. The van der Waals surface area contributed by atoms with E-state index < -0.39 is 0 Å². The minimum Gasteiger partial charge on any atom is -0.354 e. The van der Waals surface area contributed by atoms with Gasteiger partial charge in [-0.3, -0.25) is 0 Å². The molecule has 0 unspecified atom stereocenters. The van der Waals surface area contributed by atoms with E-state index in [9.17, 15) is 0 Å². The summed E-state index contributed by atoms with van der Waals surface area (Å²) in [5, 5.41) is 10.0. The fourth-order valence-electron chi connectivity index (χ4n) is 7.95. The summed E-state index contributed by atoms with van der Waals surface area (Å²) in [6, 6.07) is 53.0. The average Bonchev–Trinajstić information content (AvgIpc) is 3.84. The maximum absolute atomic E-state index is 3.70. The van der Waals surface area contributed by atoms with Crippen LogP contribution >= 0.6 is 0 Å². The second-order valence-corrected chi connectivity index (χ2v) is 12.4. The van der Waals surface area contributed by atoms with Crippen molar-refractivity contribution in [1.29, 1.82) is 0 Å². The molecule has 4 heterocycles. The third-order valence-electron chi connectivity index (χ3n) is 9.96. The number of benzene rings is 7. The maximum Gasteiger partial charge on any atom is 0.0541 e. The van der Waals surface area contributed by atoms with E-state index in [0.717, 1.165) is 22.1 Å². The first kappa shape index (κ1) is 24.1. The van der Waals surface area contributed by atoms with Crippen molar-refractivity contribution in [2.75, 3.05) is 0 Å². The Morgan fingerprint density at radius 2 is 0.630 bits per heavy atom. The van der Waals surface area contributed by atoms with Crippen LogP contribution in [0, 0.1) is 0 Å². The zero-order valence-corrected chi connectivity index (χ0v) is 24.8. The van der Waals surface area contributed by atoms with Gasteiger partial charge in [-0.25, -0.2) is 0 Å². The molecule has 46 heavy (non-hydrogen) atoms.